The average molecular weight is 619 g/mol. The zero-order chi connectivity index (χ0) is 30.1. The van der Waals surface area contributed by atoms with E-state index in [1.165, 1.54) is 116 Å². The van der Waals surface area contributed by atoms with Crippen molar-refractivity contribution in [2.24, 2.45) is 0 Å². The van der Waals surface area contributed by atoms with Gasteiger partial charge in [-0.05, 0) is 25.0 Å². The highest BCUT2D eigenvalue weighted by Crippen LogP contribution is 2.15. The summed E-state index contributed by atoms with van der Waals surface area (Å²) in [5.74, 6) is 0.402. The molecule has 0 aliphatic carbocycles. The standard InChI is InChI=1S/C33H63O6PS/c1-2-3-4-5-6-7-11-15-18-21-24-27-33(35)39-31(30-38-40-36)29-37-32(34)26-23-20-17-14-12-9-8-10-13-16-19-22-25-28-41/h31,41H,2-30H2,1H3/t31-/m1/s1. The van der Waals surface area contributed by atoms with Gasteiger partial charge in [0.1, 0.15) is 13.2 Å². The summed E-state index contributed by atoms with van der Waals surface area (Å²) in [5, 5.41) is 0. The Morgan fingerprint density at radius 1 is 0.561 bits per heavy atom. The molecular formula is C33H63O6PS. The van der Waals surface area contributed by atoms with Gasteiger partial charge in [-0.1, -0.05) is 142 Å². The zero-order valence-corrected chi connectivity index (χ0v) is 28.2. The van der Waals surface area contributed by atoms with Crippen molar-refractivity contribution in [2.75, 3.05) is 19.0 Å². The maximum Gasteiger partial charge on any atom is 0.327 e. The quantitative estimate of drug-likeness (QED) is 0.0341. The van der Waals surface area contributed by atoms with E-state index in [1.807, 2.05) is 0 Å². The van der Waals surface area contributed by atoms with Gasteiger partial charge < -0.3 is 9.47 Å². The lowest BCUT2D eigenvalue weighted by Crippen LogP contribution is -2.28. The van der Waals surface area contributed by atoms with Crippen LogP contribution in [0.15, 0.2) is 0 Å². The molecule has 0 saturated carbocycles. The number of esters is 2. The smallest absolute Gasteiger partial charge is 0.327 e. The summed E-state index contributed by atoms with van der Waals surface area (Å²) in [6.45, 7) is 2.12. The number of unbranched alkanes of at least 4 members (excludes halogenated alkanes) is 22. The molecule has 1 atom stereocenters. The number of hydrogen-bond acceptors (Lipinski definition) is 7. The van der Waals surface area contributed by atoms with Gasteiger partial charge in [0.25, 0.3) is 0 Å². The summed E-state index contributed by atoms with van der Waals surface area (Å²) in [7, 11) is -0.482. The van der Waals surface area contributed by atoms with E-state index in [9.17, 15) is 14.2 Å². The molecule has 0 aromatic heterocycles. The Balaban J connectivity index is 3.74. The number of hydrogen-bond donors (Lipinski definition) is 1. The van der Waals surface area contributed by atoms with Crippen LogP contribution in [0.1, 0.15) is 174 Å². The maximum atomic E-state index is 12.2. The fourth-order valence-corrected chi connectivity index (χ4v) is 5.44. The molecule has 6 nitrogen and oxygen atoms in total. The van der Waals surface area contributed by atoms with Crippen LogP contribution in [0, 0.1) is 0 Å². The average Bonchev–Trinajstić information content (AvgIpc) is 2.97. The molecule has 0 unspecified atom stereocenters. The first kappa shape index (κ1) is 40.4. The number of thiol groups is 1. The van der Waals surface area contributed by atoms with Crippen molar-refractivity contribution in [3.63, 3.8) is 0 Å². The van der Waals surface area contributed by atoms with E-state index in [0.717, 1.165) is 44.3 Å². The summed E-state index contributed by atoms with van der Waals surface area (Å²) < 4.78 is 26.3. The lowest BCUT2D eigenvalue weighted by atomic mass is 10.0. The first-order valence-electron chi connectivity index (χ1n) is 17.0. The maximum absolute atomic E-state index is 12.2. The van der Waals surface area contributed by atoms with E-state index in [2.05, 4.69) is 19.6 Å². The molecule has 0 fully saturated rings. The number of carbonyl (C=O) groups is 2. The number of rotatable bonds is 33. The van der Waals surface area contributed by atoms with E-state index >= 15 is 0 Å². The summed E-state index contributed by atoms with van der Waals surface area (Å²) in [4.78, 5) is 24.4. The van der Waals surface area contributed by atoms with Crippen molar-refractivity contribution in [1.29, 1.82) is 0 Å². The van der Waals surface area contributed by atoms with Crippen LogP contribution in [-0.2, 0) is 28.2 Å². The summed E-state index contributed by atoms with van der Waals surface area (Å²) in [5.41, 5.74) is 0. The first-order valence-corrected chi connectivity index (χ1v) is 18.4. The SMILES string of the molecule is CCCCCCCCCCCCCC(=O)O[C@@H](COP=O)COC(=O)CCCCCCCCCCCCCCCS. The minimum atomic E-state index is -0.728. The predicted octanol–water partition coefficient (Wildman–Crippen LogP) is 10.8. The molecule has 0 aromatic rings. The van der Waals surface area contributed by atoms with E-state index < -0.39 is 14.8 Å². The highest BCUT2D eigenvalue weighted by Gasteiger charge is 2.17. The van der Waals surface area contributed by atoms with E-state index in [0.29, 0.717) is 12.8 Å². The number of carbonyl (C=O) groups excluding carboxylic acids is 2. The molecule has 0 aliphatic heterocycles. The van der Waals surface area contributed by atoms with Gasteiger partial charge in [-0.25, -0.2) is 4.57 Å². The second-order valence-electron chi connectivity index (χ2n) is 11.5. The topological polar surface area (TPSA) is 78.9 Å². The second-order valence-corrected chi connectivity index (χ2v) is 12.4. The molecule has 0 rings (SSSR count). The van der Waals surface area contributed by atoms with Crippen LogP contribution in [0.3, 0.4) is 0 Å². The highest BCUT2D eigenvalue weighted by molar-refractivity contribution is 7.80. The van der Waals surface area contributed by atoms with Crippen LogP contribution >= 0.6 is 21.3 Å². The monoisotopic (exact) mass is 618 g/mol. The largest absolute Gasteiger partial charge is 0.462 e. The van der Waals surface area contributed by atoms with Gasteiger partial charge in [0.2, 0.25) is 0 Å². The Kier molecular flexibility index (Phi) is 33.3. The zero-order valence-electron chi connectivity index (χ0n) is 26.4. The van der Waals surface area contributed by atoms with Gasteiger partial charge in [0.05, 0.1) is 0 Å². The van der Waals surface area contributed by atoms with Crippen LogP contribution < -0.4 is 0 Å². The molecule has 0 radical (unpaired) electrons. The third-order valence-electron chi connectivity index (χ3n) is 7.56. The Morgan fingerprint density at radius 2 is 0.951 bits per heavy atom. The Bertz CT molecular complexity index is 592. The molecule has 8 heteroatoms. The Hall–Kier alpha value is -0.650. The molecule has 0 N–H and O–H groups in total. The van der Waals surface area contributed by atoms with Crippen LogP contribution in [-0.4, -0.2) is 37.0 Å². The van der Waals surface area contributed by atoms with Gasteiger partial charge in [0, 0.05) is 12.8 Å². The van der Waals surface area contributed by atoms with E-state index in [-0.39, 0.29) is 25.2 Å². The first-order chi connectivity index (χ1) is 20.1. The molecule has 0 aromatic carbocycles. The van der Waals surface area contributed by atoms with Crippen LogP contribution in [0.25, 0.3) is 0 Å². The molecule has 242 valence electrons. The van der Waals surface area contributed by atoms with Gasteiger partial charge in [-0.2, -0.15) is 12.6 Å². The fourth-order valence-electron chi connectivity index (χ4n) is 4.99. The van der Waals surface area contributed by atoms with Crippen molar-refractivity contribution in [2.45, 2.75) is 180 Å². The van der Waals surface area contributed by atoms with Crippen molar-refractivity contribution in [3.05, 3.63) is 0 Å². The van der Waals surface area contributed by atoms with E-state index in [4.69, 9.17) is 14.0 Å². The highest BCUT2D eigenvalue weighted by atomic mass is 32.1. The van der Waals surface area contributed by atoms with Gasteiger partial charge in [-0.3, -0.25) is 14.1 Å². The van der Waals surface area contributed by atoms with E-state index in [1.54, 1.807) is 0 Å². The summed E-state index contributed by atoms with van der Waals surface area (Å²) in [6, 6.07) is 0. The third-order valence-corrected chi connectivity index (χ3v) is 8.14. The van der Waals surface area contributed by atoms with Crippen LogP contribution in [0.4, 0.5) is 0 Å². The summed E-state index contributed by atoms with van der Waals surface area (Å²) >= 11 is 4.25. The van der Waals surface area contributed by atoms with Crippen LogP contribution in [0.2, 0.25) is 0 Å². The predicted molar refractivity (Wildman–Crippen MR) is 174 cm³/mol. The van der Waals surface area contributed by atoms with Crippen molar-refractivity contribution < 1.29 is 28.2 Å². The lowest BCUT2D eigenvalue weighted by Gasteiger charge is -2.16. The van der Waals surface area contributed by atoms with Gasteiger partial charge in [0.15, 0.2) is 6.10 Å². The normalized spacial score (nSPS) is 12.0. The molecule has 41 heavy (non-hydrogen) atoms. The molecule has 0 heterocycles. The fraction of sp³-hybridized carbons (Fsp3) is 0.939. The lowest BCUT2D eigenvalue weighted by molar-refractivity contribution is -0.160. The molecule has 0 saturated heterocycles. The van der Waals surface area contributed by atoms with Crippen LogP contribution in [0.5, 0.6) is 0 Å². The van der Waals surface area contributed by atoms with Crippen molar-refractivity contribution >= 4 is 33.3 Å². The Labute approximate surface area is 259 Å². The molecule has 0 amide bonds. The summed E-state index contributed by atoms with van der Waals surface area (Å²) in [6.07, 6.45) is 29.5. The van der Waals surface area contributed by atoms with Crippen molar-refractivity contribution in [3.8, 4) is 0 Å². The van der Waals surface area contributed by atoms with Gasteiger partial charge >= 0.3 is 20.6 Å². The number of ether oxygens (including phenoxy) is 2. The van der Waals surface area contributed by atoms with Crippen molar-refractivity contribution in [1.82, 2.24) is 0 Å². The van der Waals surface area contributed by atoms with Gasteiger partial charge in [-0.15, -0.1) is 0 Å². The minimum absolute atomic E-state index is 0.0571. The minimum Gasteiger partial charge on any atom is -0.462 e. The molecule has 0 aliphatic rings. The third kappa shape index (κ3) is 32.1. The molecular weight excluding hydrogens is 555 g/mol. The second kappa shape index (κ2) is 33.8. The molecule has 0 spiro atoms. The molecule has 0 bridgehead atoms. The Morgan fingerprint density at radius 3 is 1.37 bits per heavy atom.